The number of sulfonamides is 1. The first-order valence-corrected chi connectivity index (χ1v) is 7.32. The lowest BCUT2D eigenvalue weighted by Crippen LogP contribution is -2.41. The summed E-state index contributed by atoms with van der Waals surface area (Å²) in [6.45, 7) is 1.50. The fourth-order valence-corrected chi connectivity index (χ4v) is 3.76. The SMILES string of the molecule is CS(=O)(=O)N1CCC2(CCCC2)CC1. The molecular weight excluding hydrogens is 198 g/mol. The van der Waals surface area contributed by atoms with Gasteiger partial charge in [0.1, 0.15) is 0 Å². The van der Waals surface area contributed by atoms with E-state index >= 15 is 0 Å². The molecule has 1 saturated heterocycles. The van der Waals surface area contributed by atoms with E-state index in [1.54, 1.807) is 4.31 Å². The topological polar surface area (TPSA) is 37.4 Å². The molecule has 2 aliphatic rings. The molecule has 0 radical (unpaired) electrons. The highest BCUT2D eigenvalue weighted by Crippen LogP contribution is 2.46. The van der Waals surface area contributed by atoms with Gasteiger partial charge in [0.15, 0.2) is 0 Å². The molecule has 0 N–H and O–H groups in total. The van der Waals surface area contributed by atoms with Gasteiger partial charge >= 0.3 is 0 Å². The molecule has 2 rings (SSSR count). The van der Waals surface area contributed by atoms with Gasteiger partial charge in [0.25, 0.3) is 0 Å². The Morgan fingerprint density at radius 2 is 1.50 bits per heavy atom. The predicted octanol–water partition coefficient (Wildman–Crippen LogP) is 1.60. The lowest BCUT2D eigenvalue weighted by Gasteiger charge is -2.38. The van der Waals surface area contributed by atoms with Crippen molar-refractivity contribution in [3.63, 3.8) is 0 Å². The highest BCUT2D eigenvalue weighted by molar-refractivity contribution is 7.88. The van der Waals surface area contributed by atoms with Crippen LogP contribution < -0.4 is 0 Å². The zero-order chi connectivity index (χ0) is 10.2. The van der Waals surface area contributed by atoms with Crippen LogP contribution in [-0.2, 0) is 10.0 Å². The van der Waals surface area contributed by atoms with Crippen LogP contribution in [0.25, 0.3) is 0 Å². The molecule has 1 aliphatic heterocycles. The summed E-state index contributed by atoms with van der Waals surface area (Å²) < 4.78 is 24.3. The molecule has 1 aliphatic carbocycles. The minimum Gasteiger partial charge on any atom is -0.213 e. The molecule has 0 atom stereocenters. The summed E-state index contributed by atoms with van der Waals surface area (Å²) in [5.41, 5.74) is 0.515. The average Bonchev–Trinajstić information content (AvgIpc) is 2.53. The minimum absolute atomic E-state index is 0.515. The van der Waals surface area contributed by atoms with Crippen LogP contribution in [0.4, 0.5) is 0 Å². The predicted molar refractivity (Wildman–Crippen MR) is 56.6 cm³/mol. The number of hydrogen-bond donors (Lipinski definition) is 0. The van der Waals surface area contributed by atoms with Crippen LogP contribution in [0.15, 0.2) is 0 Å². The lowest BCUT2D eigenvalue weighted by molar-refractivity contribution is 0.161. The summed E-state index contributed by atoms with van der Waals surface area (Å²) in [5, 5.41) is 0. The molecule has 0 aromatic heterocycles. The lowest BCUT2D eigenvalue weighted by atomic mass is 9.78. The van der Waals surface area contributed by atoms with Gasteiger partial charge in [0, 0.05) is 13.1 Å². The van der Waals surface area contributed by atoms with Gasteiger partial charge in [-0.05, 0) is 31.1 Å². The molecule has 1 heterocycles. The van der Waals surface area contributed by atoms with Gasteiger partial charge in [0.2, 0.25) is 10.0 Å². The number of hydrogen-bond acceptors (Lipinski definition) is 2. The summed E-state index contributed by atoms with van der Waals surface area (Å²) >= 11 is 0. The molecule has 0 aromatic carbocycles. The van der Waals surface area contributed by atoms with Crippen LogP contribution in [0.3, 0.4) is 0 Å². The van der Waals surface area contributed by atoms with E-state index in [1.165, 1.54) is 31.9 Å². The standard InChI is InChI=1S/C10H19NO2S/c1-14(12,13)11-8-6-10(7-9-11)4-2-3-5-10/h2-9H2,1H3. The van der Waals surface area contributed by atoms with Crippen molar-refractivity contribution in [3.8, 4) is 0 Å². The Bertz CT molecular complexity index is 294. The Kier molecular flexibility index (Phi) is 2.60. The Balaban J connectivity index is 1.98. The molecule has 0 amide bonds. The second-order valence-electron chi connectivity index (χ2n) is 4.87. The Morgan fingerprint density at radius 3 is 1.93 bits per heavy atom. The molecule has 2 fully saturated rings. The maximum atomic E-state index is 11.3. The second kappa shape index (κ2) is 3.49. The van der Waals surface area contributed by atoms with Crippen molar-refractivity contribution < 1.29 is 8.42 Å². The molecule has 1 spiro atoms. The third kappa shape index (κ3) is 1.96. The van der Waals surface area contributed by atoms with E-state index in [-0.39, 0.29) is 0 Å². The minimum atomic E-state index is -2.94. The van der Waals surface area contributed by atoms with Crippen molar-refractivity contribution in [1.82, 2.24) is 4.31 Å². The van der Waals surface area contributed by atoms with Crippen LogP contribution in [0, 0.1) is 5.41 Å². The zero-order valence-electron chi connectivity index (χ0n) is 8.83. The molecule has 82 valence electrons. The van der Waals surface area contributed by atoms with Crippen LogP contribution in [0.1, 0.15) is 38.5 Å². The second-order valence-corrected chi connectivity index (χ2v) is 6.85. The quantitative estimate of drug-likeness (QED) is 0.669. The molecule has 4 heteroatoms. The molecule has 0 aromatic rings. The van der Waals surface area contributed by atoms with Crippen molar-refractivity contribution in [2.24, 2.45) is 5.41 Å². The van der Waals surface area contributed by atoms with Crippen LogP contribution >= 0.6 is 0 Å². The summed E-state index contributed by atoms with van der Waals surface area (Å²) in [4.78, 5) is 0. The molecule has 3 nitrogen and oxygen atoms in total. The van der Waals surface area contributed by atoms with E-state index in [0.717, 1.165) is 25.9 Å². The zero-order valence-corrected chi connectivity index (χ0v) is 9.65. The van der Waals surface area contributed by atoms with Crippen molar-refractivity contribution in [2.75, 3.05) is 19.3 Å². The van der Waals surface area contributed by atoms with Gasteiger partial charge in [-0.2, -0.15) is 0 Å². The maximum absolute atomic E-state index is 11.3. The van der Waals surface area contributed by atoms with Crippen LogP contribution in [-0.4, -0.2) is 32.1 Å². The average molecular weight is 217 g/mol. The molecule has 1 saturated carbocycles. The van der Waals surface area contributed by atoms with Crippen LogP contribution in [0.2, 0.25) is 0 Å². The number of nitrogens with zero attached hydrogens (tertiary/aromatic N) is 1. The summed E-state index contributed by atoms with van der Waals surface area (Å²) in [5.74, 6) is 0. The first-order chi connectivity index (χ1) is 6.52. The fraction of sp³-hybridized carbons (Fsp3) is 1.00. The van der Waals surface area contributed by atoms with E-state index in [2.05, 4.69) is 0 Å². The molecule has 14 heavy (non-hydrogen) atoms. The van der Waals surface area contributed by atoms with E-state index in [4.69, 9.17) is 0 Å². The normalized spacial score (nSPS) is 28.4. The van der Waals surface area contributed by atoms with Gasteiger partial charge < -0.3 is 0 Å². The third-order valence-electron chi connectivity index (χ3n) is 3.92. The van der Waals surface area contributed by atoms with E-state index in [9.17, 15) is 8.42 Å². The van der Waals surface area contributed by atoms with E-state index < -0.39 is 10.0 Å². The summed E-state index contributed by atoms with van der Waals surface area (Å²) in [7, 11) is -2.94. The van der Waals surface area contributed by atoms with E-state index in [0.29, 0.717) is 5.41 Å². The van der Waals surface area contributed by atoms with Gasteiger partial charge in [0.05, 0.1) is 6.26 Å². The summed E-state index contributed by atoms with van der Waals surface area (Å²) in [6, 6.07) is 0. The van der Waals surface area contributed by atoms with Gasteiger partial charge in [-0.25, -0.2) is 12.7 Å². The largest absolute Gasteiger partial charge is 0.213 e. The smallest absolute Gasteiger partial charge is 0.211 e. The first kappa shape index (κ1) is 10.4. The monoisotopic (exact) mass is 217 g/mol. The molecular formula is C10H19NO2S. The molecule has 0 bridgehead atoms. The van der Waals surface area contributed by atoms with Crippen molar-refractivity contribution in [1.29, 1.82) is 0 Å². The maximum Gasteiger partial charge on any atom is 0.211 e. The van der Waals surface area contributed by atoms with Crippen molar-refractivity contribution in [3.05, 3.63) is 0 Å². The van der Waals surface area contributed by atoms with Crippen molar-refractivity contribution >= 4 is 10.0 Å². The van der Waals surface area contributed by atoms with Crippen molar-refractivity contribution in [2.45, 2.75) is 38.5 Å². The van der Waals surface area contributed by atoms with E-state index in [1.807, 2.05) is 0 Å². The third-order valence-corrected chi connectivity index (χ3v) is 5.22. The number of piperidine rings is 1. The number of rotatable bonds is 1. The Hall–Kier alpha value is -0.0900. The van der Waals surface area contributed by atoms with Gasteiger partial charge in [-0.3, -0.25) is 0 Å². The highest BCUT2D eigenvalue weighted by atomic mass is 32.2. The Morgan fingerprint density at radius 1 is 1.00 bits per heavy atom. The first-order valence-electron chi connectivity index (χ1n) is 5.47. The van der Waals surface area contributed by atoms with Crippen LogP contribution in [0.5, 0.6) is 0 Å². The fourth-order valence-electron chi connectivity index (χ4n) is 2.92. The molecule has 0 unspecified atom stereocenters. The van der Waals surface area contributed by atoms with Gasteiger partial charge in [-0.15, -0.1) is 0 Å². The highest BCUT2D eigenvalue weighted by Gasteiger charge is 2.38. The summed E-state index contributed by atoms with van der Waals surface area (Å²) in [6.07, 6.45) is 8.83. The Labute approximate surface area is 86.5 Å². The van der Waals surface area contributed by atoms with Gasteiger partial charge in [-0.1, -0.05) is 12.8 Å².